The third kappa shape index (κ3) is 3.30. The molecule has 3 rings (SSSR count). The summed E-state index contributed by atoms with van der Waals surface area (Å²) >= 11 is 0. The Bertz CT molecular complexity index is 619. The van der Waals surface area contributed by atoms with Crippen LogP contribution in [-0.2, 0) is 14.3 Å². The van der Waals surface area contributed by atoms with Crippen LogP contribution in [0.25, 0.3) is 0 Å². The van der Waals surface area contributed by atoms with Gasteiger partial charge in [-0.3, -0.25) is 4.79 Å². The zero-order valence-corrected chi connectivity index (χ0v) is 16.8. The van der Waals surface area contributed by atoms with Crippen LogP contribution in [0.3, 0.4) is 0 Å². The van der Waals surface area contributed by atoms with Crippen molar-refractivity contribution in [3.8, 4) is 0 Å². The fraction of sp³-hybridized carbons (Fsp3) is 0.739. The van der Waals surface area contributed by atoms with Crippen LogP contribution in [0, 0.1) is 28.6 Å². The van der Waals surface area contributed by atoms with Crippen molar-refractivity contribution in [2.24, 2.45) is 28.6 Å². The highest BCUT2D eigenvalue weighted by molar-refractivity contribution is 5.66. The standard InChI is InChI=1S/C23H34O3/c1-5-11-22(3)12-9-21-19(20(22)10-14-24)7-6-17-15-18(26-16(2)25)8-13-23(17,21)4/h5-6,11,14,18-21H,7-10,12-13,15H2,1-4H3/b11-5+/t18-,19-,20-,21-,22-,23-/m0/s1. The maximum absolute atomic E-state index is 11.5. The predicted molar refractivity (Wildman–Crippen MR) is 104 cm³/mol. The molecule has 3 aliphatic carbocycles. The number of hydrogen-bond acceptors (Lipinski definition) is 3. The molecule has 0 aromatic rings. The lowest BCUT2D eigenvalue weighted by Gasteiger charge is -2.58. The quantitative estimate of drug-likeness (QED) is 0.391. The topological polar surface area (TPSA) is 43.4 Å². The number of carbonyl (C=O) groups excluding carboxylic acids is 2. The fourth-order valence-electron chi connectivity index (χ4n) is 6.45. The van der Waals surface area contributed by atoms with Gasteiger partial charge in [0.05, 0.1) is 0 Å². The second kappa shape index (κ2) is 7.32. The van der Waals surface area contributed by atoms with E-state index in [1.807, 2.05) is 0 Å². The van der Waals surface area contributed by atoms with E-state index in [-0.39, 0.29) is 22.9 Å². The van der Waals surface area contributed by atoms with Crippen molar-refractivity contribution in [2.75, 3.05) is 0 Å². The Morgan fingerprint density at radius 2 is 2.08 bits per heavy atom. The summed E-state index contributed by atoms with van der Waals surface area (Å²) in [6, 6.07) is 0. The Morgan fingerprint density at radius 3 is 2.73 bits per heavy atom. The summed E-state index contributed by atoms with van der Waals surface area (Å²) in [7, 11) is 0. The molecule has 2 saturated carbocycles. The molecular formula is C23H34O3. The van der Waals surface area contributed by atoms with Crippen LogP contribution in [-0.4, -0.2) is 18.4 Å². The molecule has 0 amide bonds. The summed E-state index contributed by atoms with van der Waals surface area (Å²) < 4.78 is 5.51. The molecule has 0 aromatic carbocycles. The highest BCUT2D eigenvalue weighted by Crippen LogP contribution is 2.62. The summed E-state index contributed by atoms with van der Waals surface area (Å²) in [6.45, 7) is 8.37. The number of esters is 1. The zero-order chi connectivity index (χ0) is 18.9. The molecule has 0 aliphatic heterocycles. The van der Waals surface area contributed by atoms with Crippen molar-refractivity contribution < 1.29 is 14.3 Å². The van der Waals surface area contributed by atoms with Crippen LogP contribution < -0.4 is 0 Å². The molecule has 3 nitrogen and oxygen atoms in total. The van der Waals surface area contributed by atoms with Crippen LogP contribution in [0.4, 0.5) is 0 Å². The van der Waals surface area contributed by atoms with Gasteiger partial charge in [-0.25, -0.2) is 0 Å². The van der Waals surface area contributed by atoms with Gasteiger partial charge in [0.1, 0.15) is 12.4 Å². The van der Waals surface area contributed by atoms with Gasteiger partial charge in [0.25, 0.3) is 0 Å². The Morgan fingerprint density at radius 1 is 1.31 bits per heavy atom. The van der Waals surface area contributed by atoms with Crippen LogP contribution in [0.1, 0.15) is 72.6 Å². The molecule has 0 radical (unpaired) electrons. The van der Waals surface area contributed by atoms with Crippen molar-refractivity contribution >= 4 is 12.3 Å². The fourth-order valence-corrected chi connectivity index (χ4v) is 6.45. The van der Waals surface area contributed by atoms with Crippen LogP contribution in [0.15, 0.2) is 23.8 Å². The van der Waals surface area contributed by atoms with Gasteiger partial charge >= 0.3 is 5.97 Å². The van der Waals surface area contributed by atoms with Gasteiger partial charge in [-0.2, -0.15) is 0 Å². The summed E-state index contributed by atoms with van der Waals surface area (Å²) in [5.74, 6) is 1.48. The number of rotatable bonds is 4. The minimum absolute atomic E-state index is 0.0472. The third-order valence-corrected chi connectivity index (χ3v) is 7.73. The maximum Gasteiger partial charge on any atom is 0.302 e. The highest BCUT2D eigenvalue weighted by Gasteiger charge is 2.54. The number of aldehydes is 1. The Balaban J connectivity index is 1.88. The van der Waals surface area contributed by atoms with Gasteiger partial charge < -0.3 is 9.53 Å². The molecule has 144 valence electrons. The first-order valence-corrected chi connectivity index (χ1v) is 10.3. The van der Waals surface area contributed by atoms with Crippen molar-refractivity contribution in [3.63, 3.8) is 0 Å². The second-order valence-electron chi connectivity index (χ2n) is 9.18. The molecule has 0 N–H and O–H groups in total. The van der Waals surface area contributed by atoms with Crippen LogP contribution in [0.5, 0.6) is 0 Å². The Labute approximate surface area is 158 Å². The summed E-state index contributed by atoms with van der Waals surface area (Å²) in [5, 5.41) is 0. The maximum atomic E-state index is 11.5. The molecular weight excluding hydrogens is 324 g/mol. The lowest BCUT2D eigenvalue weighted by molar-refractivity contribution is -0.148. The molecule has 0 spiro atoms. The number of fused-ring (bicyclic) bond motifs is 3. The molecule has 0 heterocycles. The van der Waals surface area contributed by atoms with Gasteiger partial charge in [0.2, 0.25) is 0 Å². The average Bonchev–Trinajstić information content (AvgIpc) is 2.57. The number of carbonyl (C=O) groups is 2. The van der Waals surface area contributed by atoms with E-state index < -0.39 is 0 Å². The largest absolute Gasteiger partial charge is 0.462 e. The van der Waals surface area contributed by atoms with Crippen molar-refractivity contribution in [1.29, 1.82) is 0 Å². The molecule has 3 heteroatoms. The van der Waals surface area contributed by atoms with Gasteiger partial charge in [0.15, 0.2) is 0 Å². The van der Waals surface area contributed by atoms with Crippen molar-refractivity contribution in [2.45, 2.75) is 78.7 Å². The van der Waals surface area contributed by atoms with Crippen molar-refractivity contribution in [3.05, 3.63) is 23.8 Å². The lowest BCUT2D eigenvalue weighted by atomic mass is 9.47. The Kier molecular flexibility index (Phi) is 5.46. The molecule has 26 heavy (non-hydrogen) atoms. The van der Waals surface area contributed by atoms with Gasteiger partial charge in [0, 0.05) is 19.8 Å². The molecule has 2 fully saturated rings. The third-order valence-electron chi connectivity index (χ3n) is 7.73. The SMILES string of the molecule is C/C=C/[C@@]1(C)CC[C@H]2[C@@H](CC=C3C[C@@H](OC(C)=O)CC[C@@]32C)[C@@H]1CC=O. The lowest BCUT2D eigenvalue weighted by Crippen LogP contribution is -2.50. The van der Waals surface area contributed by atoms with E-state index in [9.17, 15) is 9.59 Å². The number of allylic oxidation sites excluding steroid dienone is 3. The van der Waals surface area contributed by atoms with Gasteiger partial charge in [-0.15, -0.1) is 0 Å². The minimum atomic E-state index is -0.168. The summed E-state index contributed by atoms with van der Waals surface area (Å²) in [5.41, 5.74) is 1.83. The minimum Gasteiger partial charge on any atom is -0.462 e. The smallest absolute Gasteiger partial charge is 0.302 e. The van der Waals surface area contributed by atoms with E-state index in [1.54, 1.807) is 0 Å². The molecule has 0 bridgehead atoms. The van der Waals surface area contributed by atoms with Crippen LogP contribution >= 0.6 is 0 Å². The molecule has 0 unspecified atom stereocenters. The predicted octanol–water partition coefficient (Wildman–Crippen LogP) is 5.25. The average molecular weight is 359 g/mol. The van der Waals surface area contributed by atoms with E-state index in [0.29, 0.717) is 24.2 Å². The summed E-state index contributed by atoms with van der Waals surface area (Å²) in [6.07, 6.45) is 15.2. The van der Waals surface area contributed by atoms with Crippen molar-refractivity contribution in [1.82, 2.24) is 0 Å². The first kappa shape index (κ1) is 19.4. The monoisotopic (exact) mass is 358 g/mol. The van der Waals surface area contributed by atoms with E-state index >= 15 is 0 Å². The second-order valence-corrected chi connectivity index (χ2v) is 9.18. The van der Waals surface area contributed by atoms with Gasteiger partial charge in [-0.1, -0.05) is 37.6 Å². The number of ether oxygens (including phenoxy) is 1. The van der Waals surface area contributed by atoms with E-state index in [4.69, 9.17) is 4.74 Å². The normalized spacial score (nSPS) is 42.5. The Hall–Kier alpha value is -1.38. The first-order valence-electron chi connectivity index (χ1n) is 10.3. The van der Waals surface area contributed by atoms with E-state index in [0.717, 1.165) is 38.4 Å². The van der Waals surface area contributed by atoms with Gasteiger partial charge in [-0.05, 0) is 67.6 Å². The highest BCUT2D eigenvalue weighted by atomic mass is 16.5. The summed E-state index contributed by atoms with van der Waals surface area (Å²) in [4.78, 5) is 22.8. The molecule has 0 aromatic heterocycles. The molecule has 3 aliphatic rings. The molecule has 0 saturated heterocycles. The van der Waals surface area contributed by atoms with E-state index in [1.165, 1.54) is 18.9 Å². The molecule has 6 atom stereocenters. The zero-order valence-electron chi connectivity index (χ0n) is 16.8. The van der Waals surface area contributed by atoms with E-state index in [2.05, 4.69) is 39.0 Å². The first-order chi connectivity index (χ1) is 12.3. The number of hydrogen-bond donors (Lipinski definition) is 0. The van der Waals surface area contributed by atoms with Crippen LogP contribution in [0.2, 0.25) is 0 Å².